The average Bonchev–Trinajstić information content (AvgIpc) is 3.26. The minimum Gasteiger partial charge on any atom is -0.461 e. The quantitative estimate of drug-likeness (QED) is 0.424. The van der Waals surface area contributed by atoms with E-state index in [1.165, 1.54) is 30.8 Å². The topological polar surface area (TPSA) is 194 Å². The SMILES string of the molecule is CC(C)(C)OC(=O)NC(C)(C)C(=O)OC[C@H]1O[C@@](C#N)(c2ccc3c(N)ncnn23)[C@H](O)[C@@H]1O. The number of fused-ring (bicyclic) bond motifs is 1. The number of aliphatic hydroxyl groups excluding tert-OH is 2. The average molecular weight is 476 g/mol. The standard InChI is InChI=1S/C21H28N6O7/c1-19(2,3)34-18(31)26-20(4,5)17(30)32-8-12-14(28)15(29)21(9-22,33-12)13-7-6-11-16(23)24-10-25-27(11)13/h6-7,10,12,14-15,28-29H,8H2,1-5H3,(H,26,31)(H2,23,24,25)/t12-,14-,15-,21+/m1/s1. The number of hydrogen-bond acceptors (Lipinski definition) is 11. The highest BCUT2D eigenvalue weighted by Crippen LogP contribution is 2.40. The number of nitrogens with one attached hydrogen (secondary N) is 1. The van der Waals surface area contributed by atoms with Crippen LogP contribution in [-0.4, -0.2) is 72.9 Å². The number of carbonyl (C=O) groups excluding carboxylic acids is 2. The third-order valence-corrected chi connectivity index (χ3v) is 5.19. The molecule has 0 bridgehead atoms. The molecule has 0 aromatic carbocycles. The van der Waals surface area contributed by atoms with Crippen molar-refractivity contribution in [3.8, 4) is 6.07 Å². The maximum atomic E-state index is 12.6. The number of esters is 1. The molecular formula is C21H28N6O7. The summed E-state index contributed by atoms with van der Waals surface area (Å²) in [6, 6.07) is 4.92. The molecule has 4 atom stereocenters. The number of hydrogen-bond donors (Lipinski definition) is 4. The van der Waals surface area contributed by atoms with E-state index in [0.717, 1.165) is 0 Å². The third-order valence-electron chi connectivity index (χ3n) is 5.19. The van der Waals surface area contributed by atoms with Gasteiger partial charge < -0.3 is 35.5 Å². The molecule has 0 unspecified atom stereocenters. The van der Waals surface area contributed by atoms with E-state index >= 15 is 0 Å². The van der Waals surface area contributed by atoms with Crippen molar-refractivity contribution in [3.05, 3.63) is 24.2 Å². The van der Waals surface area contributed by atoms with E-state index in [4.69, 9.17) is 19.9 Å². The Morgan fingerprint density at radius 2 is 2.00 bits per heavy atom. The summed E-state index contributed by atoms with van der Waals surface area (Å²) in [5.74, 6) is -0.695. The largest absolute Gasteiger partial charge is 0.461 e. The van der Waals surface area contributed by atoms with Gasteiger partial charge in [0.05, 0.1) is 5.69 Å². The molecule has 1 amide bonds. The van der Waals surface area contributed by atoms with Crippen LogP contribution in [0.5, 0.6) is 0 Å². The number of alkyl carbamates (subject to hydrolysis) is 1. The van der Waals surface area contributed by atoms with Crippen LogP contribution in [0.3, 0.4) is 0 Å². The van der Waals surface area contributed by atoms with Gasteiger partial charge in [-0.1, -0.05) is 0 Å². The van der Waals surface area contributed by atoms with Gasteiger partial charge in [0, 0.05) is 0 Å². The molecule has 0 radical (unpaired) electrons. The highest BCUT2D eigenvalue weighted by atomic mass is 16.6. The predicted octanol–water partition coefficient (Wildman–Crippen LogP) is -0.00252. The molecule has 3 rings (SSSR count). The molecule has 184 valence electrons. The highest BCUT2D eigenvalue weighted by Gasteiger charge is 2.58. The summed E-state index contributed by atoms with van der Waals surface area (Å²) in [6.07, 6.45) is -4.15. The summed E-state index contributed by atoms with van der Waals surface area (Å²) < 4.78 is 17.4. The molecule has 1 aliphatic rings. The Balaban J connectivity index is 1.74. The number of rotatable bonds is 5. The van der Waals surface area contributed by atoms with E-state index in [1.807, 2.05) is 6.07 Å². The fraction of sp³-hybridized carbons (Fsp3) is 0.571. The lowest BCUT2D eigenvalue weighted by Crippen LogP contribution is -2.52. The van der Waals surface area contributed by atoms with Crippen molar-refractivity contribution in [2.24, 2.45) is 0 Å². The number of ether oxygens (including phenoxy) is 3. The summed E-state index contributed by atoms with van der Waals surface area (Å²) >= 11 is 0. The monoisotopic (exact) mass is 476 g/mol. The first-order valence-corrected chi connectivity index (χ1v) is 10.4. The van der Waals surface area contributed by atoms with Crippen LogP contribution in [0.1, 0.15) is 40.3 Å². The van der Waals surface area contributed by atoms with Gasteiger partial charge in [-0.3, -0.25) is 0 Å². The number of nitrogen functional groups attached to an aromatic ring is 1. The van der Waals surface area contributed by atoms with Crippen LogP contribution in [0, 0.1) is 11.3 Å². The zero-order valence-corrected chi connectivity index (χ0v) is 19.5. The molecule has 13 nitrogen and oxygen atoms in total. The Kier molecular flexibility index (Phi) is 6.45. The van der Waals surface area contributed by atoms with E-state index in [9.17, 15) is 25.1 Å². The fourth-order valence-corrected chi connectivity index (χ4v) is 3.50. The lowest BCUT2D eigenvalue weighted by Gasteiger charge is -2.27. The Hall–Kier alpha value is -3.47. The summed E-state index contributed by atoms with van der Waals surface area (Å²) in [5, 5.41) is 37.7. The zero-order chi connectivity index (χ0) is 25.5. The Morgan fingerprint density at radius 1 is 1.32 bits per heavy atom. The molecule has 1 fully saturated rings. The lowest BCUT2D eigenvalue weighted by molar-refractivity contribution is -0.157. The smallest absolute Gasteiger partial charge is 0.408 e. The van der Waals surface area contributed by atoms with Gasteiger partial charge in [-0.2, -0.15) is 10.4 Å². The molecule has 13 heteroatoms. The van der Waals surface area contributed by atoms with Crippen LogP contribution in [0.15, 0.2) is 18.5 Å². The van der Waals surface area contributed by atoms with Crippen molar-refractivity contribution in [2.45, 2.75) is 69.7 Å². The fourth-order valence-electron chi connectivity index (χ4n) is 3.50. The summed E-state index contributed by atoms with van der Waals surface area (Å²) in [6.45, 7) is 7.36. The number of nitriles is 1. The molecule has 1 aliphatic heterocycles. The van der Waals surface area contributed by atoms with Crippen LogP contribution >= 0.6 is 0 Å². The number of nitrogens with zero attached hydrogens (tertiary/aromatic N) is 4. The van der Waals surface area contributed by atoms with Crippen LogP contribution in [0.25, 0.3) is 5.52 Å². The molecule has 1 saturated heterocycles. The summed E-state index contributed by atoms with van der Waals surface area (Å²) in [4.78, 5) is 28.5. The number of aliphatic hydroxyl groups is 2. The van der Waals surface area contributed by atoms with Gasteiger partial charge >= 0.3 is 12.1 Å². The van der Waals surface area contributed by atoms with E-state index in [2.05, 4.69) is 15.4 Å². The molecule has 3 heterocycles. The number of nitrogens with two attached hydrogens (primary N) is 1. The maximum Gasteiger partial charge on any atom is 0.408 e. The van der Waals surface area contributed by atoms with Crippen LogP contribution in [0.2, 0.25) is 0 Å². The number of aromatic nitrogens is 3. The van der Waals surface area contributed by atoms with Gasteiger partial charge in [-0.25, -0.2) is 19.1 Å². The van der Waals surface area contributed by atoms with Crippen LogP contribution in [-0.2, 0) is 24.6 Å². The van der Waals surface area contributed by atoms with Crippen molar-refractivity contribution in [3.63, 3.8) is 0 Å². The highest BCUT2D eigenvalue weighted by molar-refractivity contribution is 5.85. The first kappa shape index (κ1) is 25.2. The van der Waals surface area contributed by atoms with Crippen LogP contribution < -0.4 is 11.1 Å². The second-order valence-electron chi connectivity index (χ2n) is 9.45. The van der Waals surface area contributed by atoms with Gasteiger partial charge in [0.15, 0.2) is 5.82 Å². The Bertz CT molecular complexity index is 1130. The molecule has 2 aromatic rings. The molecule has 34 heavy (non-hydrogen) atoms. The van der Waals surface area contributed by atoms with Crippen LogP contribution in [0.4, 0.5) is 10.6 Å². The van der Waals surface area contributed by atoms with Gasteiger partial charge in [-0.05, 0) is 46.8 Å². The lowest BCUT2D eigenvalue weighted by atomic mass is 9.92. The Labute approximate surface area is 195 Å². The number of carbonyl (C=O) groups is 2. The van der Waals surface area contributed by atoms with Crippen molar-refractivity contribution < 1.29 is 34.0 Å². The van der Waals surface area contributed by atoms with E-state index in [1.54, 1.807) is 26.8 Å². The molecule has 0 spiro atoms. The molecule has 0 saturated carbocycles. The second-order valence-corrected chi connectivity index (χ2v) is 9.45. The minimum absolute atomic E-state index is 0.117. The summed E-state index contributed by atoms with van der Waals surface area (Å²) in [7, 11) is 0. The van der Waals surface area contributed by atoms with Gasteiger partial charge in [-0.15, -0.1) is 0 Å². The maximum absolute atomic E-state index is 12.6. The van der Waals surface area contributed by atoms with E-state index in [-0.39, 0.29) is 11.5 Å². The molecule has 0 aliphatic carbocycles. The van der Waals surface area contributed by atoms with Gasteiger partial charge in [0.2, 0.25) is 5.60 Å². The first-order chi connectivity index (χ1) is 15.7. The number of anilines is 1. The van der Waals surface area contributed by atoms with Gasteiger partial charge in [0.1, 0.15) is 54.0 Å². The molecular weight excluding hydrogens is 448 g/mol. The molecule has 5 N–H and O–H groups in total. The zero-order valence-electron chi connectivity index (χ0n) is 19.5. The predicted molar refractivity (Wildman–Crippen MR) is 116 cm³/mol. The minimum atomic E-state index is -2.02. The number of amides is 1. The first-order valence-electron chi connectivity index (χ1n) is 10.4. The van der Waals surface area contributed by atoms with Crippen molar-refractivity contribution >= 4 is 23.4 Å². The van der Waals surface area contributed by atoms with Crippen molar-refractivity contribution in [1.29, 1.82) is 5.26 Å². The van der Waals surface area contributed by atoms with Gasteiger partial charge in [0.25, 0.3) is 0 Å². The molecule has 2 aromatic heterocycles. The van der Waals surface area contributed by atoms with Crippen molar-refractivity contribution in [2.75, 3.05) is 12.3 Å². The van der Waals surface area contributed by atoms with E-state index in [0.29, 0.717) is 5.52 Å². The van der Waals surface area contributed by atoms with Crippen molar-refractivity contribution in [1.82, 2.24) is 19.9 Å². The third kappa shape index (κ3) is 4.60. The normalized spacial score (nSPS) is 25.1. The Morgan fingerprint density at radius 3 is 2.62 bits per heavy atom. The second kappa shape index (κ2) is 8.71. The summed E-state index contributed by atoms with van der Waals surface area (Å²) in [5.41, 5.74) is 2.07. The van der Waals surface area contributed by atoms with E-state index < -0.39 is 53.7 Å².